The van der Waals surface area contributed by atoms with Crippen molar-refractivity contribution >= 4 is 10.1 Å². The van der Waals surface area contributed by atoms with E-state index in [1.54, 1.807) is 60.7 Å². The third kappa shape index (κ3) is 7.21. The van der Waals surface area contributed by atoms with Gasteiger partial charge in [0, 0.05) is 12.0 Å². The topological polar surface area (TPSA) is 123 Å². The molecule has 36 heavy (non-hydrogen) atoms. The van der Waals surface area contributed by atoms with Crippen molar-refractivity contribution in [3.63, 3.8) is 0 Å². The Morgan fingerprint density at radius 3 is 2.06 bits per heavy atom. The van der Waals surface area contributed by atoms with Crippen molar-refractivity contribution in [2.45, 2.75) is 49.4 Å². The molecule has 2 aromatic carbocycles. The molecular formula is C22H24F3NO9S. The highest BCUT2D eigenvalue weighted by molar-refractivity contribution is 7.87. The highest BCUT2D eigenvalue weighted by Gasteiger charge is 2.57. The van der Waals surface area contributed by atoms with Crippen LogP contribution in [0.4, 0.5) is 13.2 Å². The molecule has 0 bridgehead atoms. The quantitative estimate of drug-likeness (QED) is 0.175. The Morgan fingerprint density at radius 1 is 1.00 bits per heavy atom. The zero-order valence-electron chi connectivity index (χ0n) is 18.9. The van der Waals surface area contributed by atoms with Gasteiger partial charge in [-0.05, 0) is 11.1 Å². The second-order valence-electron chi connectivity index (χ2n) is 7.78. The van der Waals surface area contributed by atoms with E-state index in [9.17, 15) is 31.7 Å². The van der Waals surface area contributed by atoms with E-state index < -0.39 is 57.8 Å². The summed E-state index contributed by atoms with van der Waals surface area (Å²) < 4.78 is 89.4. The van der Waals surface area contributed by atoms with Gasteiger partial charge in [0.1, 0.15) is 12.2 Å². The Kier molecular flexibility index (Phi) is 9.38. The molecule has 0 spiro atoms. The number of benzene rings is 2. The molecule has 0 saturated carbocycles. The van der Waals surface area contributed by atoms with Crippen LogP contribution in [0.2, 0.25) is 0 Å². The predicted octanol–water partition coefficient (Wildman–Crippen LogP) is 3.04. The number of hydrogen-bond donors (Lipinski definition) is 0. The van der Waals surface area contributed by atoms with Crippen LogP contribution in [0.1, 0.15) is 11.1 Å². The molecule has 198 valence electrons. The lowest BCUT2D eigenvalue weighted by atomic mass is 10.0. The van der Waals surface area contributed by atoms with Crippen LogP contribution in [0.25, 0.3) is 0 Å². The summed E-state index contributed by atoms with van der Waals surface area (Å²) in [6.07, 6.45) is -7.86. The van der Waals surface area contributed by atoms with E-state index in [1.165, 1.54) is 0 Å². The Hall–Kier alpha value is -2.62. The number of ether oxygens (including phenoxy) is 4. The van der Waals surface area contributed by atoms with Gasteiger partial charge >= 0.3 is 15.6 Å². The molecule has 1 aliphatic rings. The van der Waals surface area contributed by atoms with Gasteiger partial charge in [0.2, 0.25) is 6.54 Å². The minimum atomic E-state index is -6.08. The molecule has 1 aliphatic heterocycles. The zero-order valence-corrected chi connectivity index (χ0v) is 19.8. The molecular weight excluding hydrogens is 511 g/mol. The fourth-order valence-electron chi connectivity index (χ4n) is 3.57. The smallest absolute Gasteiger partial charge is 0.368 e. The minimum Gasteiger partial charge on any atom is -0.368 e. The van der Waals surface area contributed by atoms with Gasteiger partial charge in [0.15, 0.2) is 18.5 Å². The molecule has 1 saturated heterocycles. The minimum absolute atomic E-state index is 0.0887. The largest absolute Gasteiger partial charge is 0.523 e. The molecule has 14 heteroatoms. The molecule has 10 nitrogen and oxygen atoms in total. The Morgan fingerprint density at radius 2 is 1.56 bits per heavy atom. The number of alkyl halides is 3. The first kappa shape index (κ1) is 28.0. The number of rotatable bonds is 12. The lowest BCUT2D eigenvalue weighted by Crippen LogP contribution is -2.47. The Bertz CT molecular complexity index is 1090. The van der Waals surface area contributed by atoms with Crippen molar-refractivity contribution in [2.75, 3.05) is 13.7 Å². The van der Waals surface area contributed by atoms with E-state index >= 15 is 0 Å². The monoisotopic (exact) mass is 535 g/mol. The van der Waals surface area contributed by atoms with E-state index in [-0.39, 0.29) is 13.2 Å². The second kappa shape index (κ2) is 12.1. The molecule has 0 N–H and O–H groups in total. The summed E-state index contributed by atoms with van der Waals surface area (Å²) in [7, 11) is -5.02. The van der Waals surface area contributed by atoms with Gasteiger partial charge < -0.3 is 18.9 Å². The number of hydrogen-bond acceptors (Lipinski definition) is 9. The van der Waals surface area contributed by atoms with Gasteiger partial charge in [-0.2, -0.15) is 21.6 Å². The van der Waals surface area contributed by atoms with Gasteiger partial charge in [-0.3, -0.25) is 14.3 Å². The van der Waals surface area contributed by atoms with Crippen molar-refractivity contribution in [2.24, 2.45) is 0 Å². The standard InChI is InChI=1S/C22H24F3NO9S/c1-31-21-20(35-36(29,30)22(23,24)25)19(33-14-16-10-6-3-7-11-16)18(34-21)17(12-26(27)28)32-13-15-8-4-2-5-9-15/h2-11,17-21H,12-14H2,1H3/t17-,18-,19+,20-,21?/m1/s1. The lowest BCUT2D eigenvalue weighted by molar-refractivity contribution is -0.495. The van der Waals surface area contributed by atoms with Crippen LogP contribution in [-0.4, -0.2) is 63.2 Å². The van der Waals surface area contributed by atoms with Crippen LogP contribution < -0.4 is 0 Å². The molecule has 5 atom stereocenters. The van der Waals surface area contributed by atoms with Gasteiger partial charge in [-0.15, -0.1) is 0 Å². The highest BCUT2D eigenvalue weighted by atomic mass is 32.2. The molecule has 1 fully saturated rings. The van der Waals surface area contributed by atoms with Crippen LogP contribution in [-0.2, 0) is 46.5 Å². The molecule has 1 heterocycles. The fraction of sp³-hybridized carbons (Fsp3) is 0.455. The van der Waals surface area contributed by atoms with Crippen LogP contribution in [0, 0.1) is 10.1 Å². The normalized spacial score (nSPS) is 23.4. The maximum atomic E-state index is 13.1. The molecule has 1 unspecified atom stereocenters. The van der Waals surface area contributed by atoms with Crippen molar-refractivity contribution in [3.05, 3.63) is 81.9 Å². The van der Waals surface area contributed by atoms with Crippen molar-refractivity contribution in [3.8, 4) is 0 Å². The first-order valence-corrected chi connectivity index (χ1v) is 12.0. The average molecular weight is 535 g/mol. The number of nitrogens with zero attached hydrogens (tertiary/aromatic N) is 1. The van der Waals surface area contributed by atoms with Gasteiger partial charge in [-0.25, -0.2) is 0 Å². The molecule has 3 rings (SSSR count). The van der Waals surface area contributed by atoms with E-state index in [4.69, 9.17) is 18.9 Å². The molecule has 0 amide bonds. The highest BCUT2D eigenvalue weighted by Crippen LogP contribution is 2.35. The maximum Gasteiger partial charge on any atom is 0.523 e. The van der Waals surface area contributed by atoms with Crippen LogP contribution in [0.5, 0.6) is 0 Å². The number of halogens is 3. The van der Waals surface area contributed by atoms with Crippen LogP contribution in [0.15, 0.2) is 60.7 Å². The van der Waals surface area contributed by atoms with E-state index in [0.717, 1.165) is 7.11 Å². The maximum absolute atomic E-state index is 13.1. The van der Waals surface area contributed by atoms with Crippen molar-refractivity contribution < 1.29 is 49.6 Å². The molecule has 0 radical (unpaired) electrons. The summed E-state index contributed by atoms with van der Waals surface area (Å²) >= 11 is 0. The summed E-state index contributed by atoms with van der Waals surface area (Å²) in [5, 5.41) is 11.4. The SMILES string of the molecule is COC1O[C@H]([C@@H](C[N+](=O)[O-])OCc2ccccc2)[C@H](OCc2ccccc2)[C@H]1OS(=O)(=O)C(F)(F)F. The predicted molar refractivity (Wildman–Crippen MR) is 117 cm³/mol. The Balaban J connectivity index is 1.91. The first-order chi connectivity index (χ1) is 17.0. The van der Waals surface area contributed by atoms with Crippen molar-refractivity contribution in [1.29, 1.82) is 0 Å². The third-order valence-corrected chi connectivity index (χ3v) is 6.29. The van der Waals surface area contributed by atoms with Crippen LogP contribution >= 0.6 is 0 Å². The number of methoxy groups -OCH3 is 1. The van der Waals surface area contributed by atoms with E-state index in [0.29, 0.717) is 11.1 Å². The van der Waals surface area contributed by atoms with Gasteiger partial charge in [-0.1, -0.05) is 60.7 Å². The summed E-state index contributed by atoms with van der Waals surface area (Å²) in [5.41, 5.74) is -4.45. The van der Waals surface area contributed by atoms with E-state index in [2.05, 4.69) is 4.18 Å². The number of nitro groups is 1. The molecule has 0 aliphatic carbocycles. The van der Waals surface area contributed by atoms with E-state index in [1.807, 2.05) is 0 Å². The second-order valence-corrected chi connectivity index (χ2v) is 9.34. The molecule has 2 aromatic rings. The van der Waals surface area contributed by atoms with Gasteiger partial charge in [0.05, 0.1) is 13.2 Å². The summed E-state index contributed by atoms with van der Waals surface area (Å²) in [6, 6.07) is 17.1. The van der Waals surface area contributed by atoms with Crippen LogP contribution in [0.3, 0.4) is 0 Å². The first-order valence-electron chi connectivity index (χ1n) is 10.6. The fourth-order valence-corrected chi connectivity index (χ4v) is 4.18. The lowest BCUT2D eigenvalue weighted by Gasteiger charge is -2.27. The molecule has 0 aromatic heterocycles. The van der Waals surface area contributed by atoms with Gasteiger partial charge in [0.25, 0.3) is 0 Å². The summed E-state index contributed by atoms with van der Waals surface area (Å²) in [4.78, 5) is 10.7. The third-order valence-electron chi connectivity index (χ3n) is 5.25. The average Bonchev–Trinajstić information content (AvgIpc) is 3.17. The summed E-state index contributed by atoms with van der Waals surface area (Å²) in [6.45, 7) is -1.08. The Labute approximate surface area is 205 Å². The van der Waals surface area contributed by atoms with Crippen molar-refractivity contribution in [1.82, 2.24) is 0 Å². The zero-order chi connectivity index (χ0) is 26.3. The summed E-state index contributed by atoms with van der Waals surface area (Å²) in [5.74, 6) is 0.